The molecule has 6 nitrogen and oxygen atoms in total. The van der Waals surface area contributed by atoms with E-state index in [9.17, 15) is 0 Å². The standard InChI is InChI=1S/C21H24N4O2/c1-13-10-14(2)25-20(23-16-6-4-3-5-7-16)19(24-21(25)22-13)15-8-9-17-18(11-15)27-12-26-17/h8-11,16,23H,3-7,12H2,1-2H3. The summed E-state index contributed by atoms with van der Waals surface area (Å²) in [7, 11) is 0. The second-order valence-electron chi connectivity index (χ2n) is 7.53. The molecule has 2 aromatic heterocycles. The van der Waals surface area contributed by atoms with Crippen LogP contribution in [0, 0.1) is 13.8 Å². The third kappa shape index (κ3) is 2.89. The van der Waals surface area contributed by atoms with Gasteiger partial charge in [0.05, 0.1) is 0 Å². The number of hydrogen-bond acceptors (Lipinski definition) is 5. The van der Waals surface area contributed by atoms with Gasteiger partial charge in [0.1, 0.15) is 11.5 Å². The van der Waals surface area contributed by atoms with Crippen molar-refractivity contribution in [2.75, 3.05) is 12.1 Å². The fourth-order valence-corrected chi connectivity index (χ4v) is 4.19. The van der Waals surface area contributed by atoms with Gasteiger partial charge in [-0.2, -0.15) is 0 Å². The minimum Gasteiger partial charge on any atom is -0.454 e. The van der Waals surface area contributed by atoms with Crippen LogP contribution < -0.4 is 14.8 Å². The zero-order valence-electron chi connectivity index (χ0n) is 15.8. The van der Waals surface area contributed by atoms with Crippen LogP contribution in [0.2, 0.25) is 0 Å². The first-order chi connectivity index (χ1) is 13.2. The maximum Gasteiger partial charge on any atom is 0.236 e. The summed E-state index contributed by atoms with van der Waals surface area (Å²) in [6.07, 6.45) is 6.30. The number of benzene rings is 1. The van der Waals surface area contributed by atoms with E-state index < -0.39 is 0 Å². The fraction of sp³-hybridized carbons (Fsp3) is 0.429. The molecule has 1 aliphatic heterocycles. The number of aryl methyl sites for hydroxylation is 2. The number of nitrogens with zero attached hydrogens (tertiary/aromatic N) is 3. The second kappa shape index (κ2) is 6.44. The molecule has 0 bridgehead atoms. The lowest BCUT2D eigenvalue weighted by atomic mass is 9.95. The van der Waals surface area contributed by atoms with Gasteiger partial charge in [-0.1, -0.05) is 19.3 Å². The Morgan fingerprint density at radius 2 is 1.81 bits per heavy atom. The Bertz CT molecular complexity index is 1010. The predicted octanol–water partition coefficient (Wildman–Crippen LogP) is 4.49. The molecule has 1 aromatic carbocycles. The van der Waals surface area contributed by atoms with Gasteiger partial charge in [-0.3, -0.25) is 4.40 Å². The summed E-state index contributed by atoms with van der Waals surface area (Å²) in [5.74, 6) is 3.32. The molecule has 0 amide bonds. The van der Waals surface area contributed by atoms with Crippen molar-refractivity contribution in [1.29, 1.82) is 0 Å². The lowest BCUT2D eigenvalue weighted by molar-refractivity contribution is 0.174. The second-order valence-corrected chi connectivity index (χ2v) is 7.53. The van der Waals surface area contributed by atoms with Crippen molar-refractivity contribution in [3.63, 3.8) is 0 Å². The molecule has 1 saturated carbocycles. The number of rotatable bonds is 3. The molecule has 1 fully saturated rings. The molecular formula is C21H24N4O2. The summed E-state index contributed by atoms with van der Waals surface area (Å²) in [5, 5.41) is 3.79. The Labute approximate surface area is 158 Å². The molecule has 6 heteroatoms. The number of aromatic nitrogens is 3. The van der Waals surface area contributed by atoms with E-state index in [2.05, 4.69) is 27.7 Å². The van der Waals surface area contributed by atoms with Gasteiger partial charge in [0.2, 0.25) is 12.6 Å². The molecule has 0 atom stereocenters. The van der Waals surface area contributed by atoms with E-state index in [4.69, 9.17) is 14.5 Å². The summed E-state index contributed by atoms with van der Waals surface area (Å²) in [4.78, 5) is 9.55. The first-order valence-electron chi connectivity index (χ1n) is 9.72. The molecule has 0 saturated heterocycles. The first-order valence-corrected chi connectivity index (χ1v) is 9.72. The SMILES string of the molecule is Cc1cc(C)n2c(NC3CCCCC3)c(-c3ccc4c(c3)OCO4)nc2n1. The number of ether oxygens (including phenoxy) is 2. The summed E-state index contributed by atoms with van der Waals surface area (Å²) in [6.45, 7) is 4.39. The van der Waals surface area contributed by atoms with Crippen molar-refractivity contribution >= 4 is 11.6 Å². The number of nitrogens with one attached hydrogen (secondary N) is 1. The van der Waals surface area contributed by atoms with Gasteiger partial charge >= 0.3 is 0 Å². The number of hydrogen-bond donors (Lipinski definition) is 1. The predicted molar refractivity (Wildman–Crippen MR) is 105 cm³/mol. The normalized spacial score (nSPS) is 16.8. The van der Waals surface area contributed by atoms with Crippen LogP contribution in [0.3, 0.4) is 0 Å². The zero-order chi connectivity index (χ0) is 18.4. The van der Waals surface area contributed by atoms with Crippen molar-refractivity contribution in [3.8, 4) is 22.8 Å². The van der Waals surface area contributed by atoms with E-state index in [-0.39, 0.29) is 6.79 Å². The molecule has 2 aliphatic rings. The van der Waals surface area contributed by atoms with Crippen LogP contribution in [0.4, 0.5) is 5.82 Å². The van der Waals surface area contributed by atoms with Crippen molar-refractivity contribution in [2.45, 2.75) is 52.0 Å². The van der Waals surface area contributed by atoms with Crippen LogP contribution in [-0.4, -0.2) is 27.2 Å². The summed E-state index contributed by atoms with van der Waals surface area (Å²) in [6, 6.07) is 8.59. The van der Waals surface area contributed by atoms with Crippen molar-refractivity contribution in [1.82, 2.24) is 14.4 Å². The number of imidazole rings is 1. The topological polar surface area (TPSA) is 60.7 Å². The third-order valence-corrected chi connectivity index (χ3v) is 5.50. The molecule has 0 radical (unpaired) electrons. The Hall–Kier alpha value is -2.76. The molecule has 3 aromatic rings. The van der Waals surface area contributed by atoms with Crippen molar-refractivity contribution in [2.24, 2.45) is 0 Å². The highest BCUT2D eigenvalue weighted by Crippen LogP contribution is 2.38. The Morgan fingerprint density at radius 3 is 2.67 bits per heavy atom. The van der Waals surface area contributed by atoms with Crippen LogP contribution in [0.1, 0.15) is 43.5 Å². The minimum atomic E-state index is 0.275. The summed E-state index contributed by atoms with van der Waals surface area (Å²) in [5.41, 5.74) is 4.04. The molecular weight excluding hydrogens is 340 g/mol. The maximum absolute atomic E-state index is 5.57. The van der Waals surface area contributed by atoms with Gasteiger partial charge < -0.3 is 14.8 Å². The number of anilines is 1. The molecule has 27 heavy (non-hydrogen) atoms. The fourth-order valence-electron chi connectivity index (χ4n) is 4.19. The largest absolute Gasteiger partial charge is 0.454 e. The van der Waals surface area contributed by atoms with E-state index in [0.29, 0.717) is 6.04 Å². The van der Waals surface area contributed by atoms with E-state index in [1.807, 2.05) is 25.1 Å². The Balaban J connectivity index is 1.65. The van der Waals surface area contributed by atoms with Crippen LogP contribution in [0.15, 0.2) is 24.3 Å². The zero-order valence-corrected chi connectivity index (χ0v) is 15.8. The van der Waals surface area contributed by atoms with Crippen LogP contribution in [0.5, 0.6) is 11.5 Å². The number of fused-ring (bicyclic) bond motifs is 2. The monoisotopic (exact) mass is 364 g/mol. The maximum atomic E-state index is 5.57. The first kappa shape index (κ1) is 16.4. The van der Waals surface area contributed by atoms with E-state index >= 15 is 0 Å². The lowest BCUT2D eigenvalue weighted by Gasteiger charge is -2.24. The summed E-state index contributed by atoms with van der Waals surface area (Å²) < 4.78 is 13.2. The van der Waals surface area contributed by atoms with Gasteiger partial charge in [-0.05, 0) is 51.0 Å². The van der Waals surface area contributed by atoms with Gasteiger partial charge in [0, 0.05) is 23.0 Å². The Kier molecular flexibility index (Phi) is 3.92. The molecule has 140 valence electrons. The average Bonchev–Trinajstić information content (AvgIpc) is 3.26. The molecule has 0 spiro atoms. The van der Waals surface area contributed by atoms with Crippen LogP contribution in [0.25, 0.3) is 17.0 Å². The van der Waals surface area contributed by atoms with Gasteiger partial charge in [-0.15, -0.1) is 0 Å². The molecule has 3 heterocycles. The van der Waals surface area contributed by atoms with Crippen LogP contribution >= 0.6 is 0 Å². The van der Waals surface area contributed by atoms with E-state index in [1.165, 1.54) is 32.1 Å². The van der Waals surface area contributed by atoms with Gasteiger partial charge in [-0.25, -0.2) is 9.97 Å². The van der Waals surface area contributed by atoms with Crippen molar-refractivity contribution < 1.29 is 9.47 Å². The Morgan fingerprint density at radius 1 is 1.00 bits per heavy atom. The quantitative estimate of drug-likeness (QED) is 0.742. The van der Waals surface area contributed by atoms with E-state index in [0.717, 1.165) is 45.7 Å². The molecule has 1 aliphatic carbocycles. The van der Waals surface area contributed by atoms with Gasteiger partial charge in [0.15, 0.2) is 11.5 Å². The highest BCUT2D eigenvalue weighted by atomic mass is 16.7. The highest BCUT2D eigenvalue weighted by Gasteiger charge is 2.23. The highest BCUT2D eigenvalue weighted by molar-refractivity contribution is 5.78. The minimum absolute atomic E-state index is 0.275. The summed E-state index contributed by atoms with van der Waals surface area (Å²) >= 11 is 0. The van der Waals surface area contributed by atoms with Crippen LogP contribution in [-0.2, 0) is 0 Å². The molecule has 0 unspecified atom stereocenters. The van der Waals surface area contributed by atoms with E-state index in [1.54, 1.807) is 0 Å². The van der Waals surface area contributed by atoms with Crippen molar-refractivity contribution in [3.05, 3.63) is 35.7 Å². The smallest absolute Gasteiger partial charge is 0.236 e. The molecule has 5 rings (SSSR count). The third-order valence-electron chi connectivity index (χ3n) is 5.50. The lowest BCUT2D eigenvalue weighted by Crippen LogP contribution is -2.23. The average molecular weight is 364 g/mol. The molecule has 1 N–H and O–H groups in total. The van der Waals surface area contributed by atoms with Gasteiger partial charge in [0.25, 0.3) is 0 Å².